The van der Waals surface area contributed by atoms with E-state index in [4.69, 9.17) is 0 Å². The molecule has 2 aromatic heterocycles. The van der Waals surface area contributed by atoms with Gasteiger partial charge in [-0.05, 0) is 48.6 Å². The van der Waals surface area contributed by atoms with Crippen LogP contribution in [0.1, 0.15) is 18.5 Å². The smallest absolute Gasteiger partial charge is 0.250 e. The molecule has 0 bridgehead atoms. The fraction of sp³-hybridized carbons (Fsp3) is 0.300. The van der Waals surface area contributed by atoms with Gasteiger partial charge in [0.25, 0.3) is 0 Å². The second-order valence-corrected chi connectivity index (χ2v) is 10.8. The summed E-state index contributed by atoms with van der Waals surface area (Å²) in [5.74, 6) is -0.322. The molecule has 0 atom stereocenters. The van der Waals surface area contributed by atoms with Crippen molar-refractivity contribution in [2.24, 2.45) is 0 Å². The minimum Gasteiger partial charge on any atom is -0.342 e. The molecule has 1 aliphatic rings. The van der Waals surface area contributed by atoms with Crippen LogP contribution >= 0.6 is 22.7 Å². The normalized spacial score (nSPS) is 15.4. The third kappa shape index (κ3) is 4.94. The number of halogens is 1. The van der Waals surface area contributed by atoms with Crippen molar-refractivity contribution in [2.45, 2.75) is 29.5 Å². The van der Waals surface area contributed by atoms with Gasteiger partial charge >= 0.3 is 0 Å². The lowest BCUT2D eigenvalue weighted by Gasteiger charge is -2.32. The molecule has 0 saturated carbocycles. The monoisotopic (exact) mass is 465 g/mol. The fourth-order valence-electron chi connectivity index (χ4n) is 3.32. The number of thiophene rings is 1. The number of carbonyl (C=O) groups is 1. The molecule has 6 nitrogen and oxygen atoms in total. The molecule has 10 heteroatoms. The zero-order chi connectivity index (χ0) is 21.1. The Hall–Kier alpha value is -2.14. The first kappa shape index (κ1) is 21.1. The maximum atomic E-state index is 13.1. The topological polar surface area (TPSA) is 79.4 Å². The maximum Gasteiger partial charge on any atom is 0.250 e. The van der Waals surface area contributed by atoms with E-state index in [9.17, 15) is 17.6 Å². The second kappa shape index (κ2) is 8.93. The van der Waals surface area contributed by atoms with Gasteiger partial charge in [0.05, 0.1) is 12.1 Å². The lowest BCUT2D eigenvalue weighted by molar-refractivity contribution is -0.131. The van der Waals surface area contributed by atoms with E-state index in [1.165, 1.54) is 34.8 Å². The van der Waals surface area contributed by atoms with Gasteiger partial charge in [-0.1, -0.05) is 6.07 Å². The molecule has 0 spiro atoms. The molecular formula is C20H20FN3O3S3. The summed E-state index contributed by atoms with van der Waals surface area (Å²) in [5.41, 5.74) is 1.50. The van der Waals surface area contributed by atoms with E-state index >= 15 is 0 Å². The Morgan fingerprint density at radius 3 is 2.57 bits per heavy atom. The number of benzene rings is 1. The van der Waals surface area contributed by atoms with Gasteiger partial charge in [-0.2, -0.15) is 0 Å². The highest BCUT2D eigenvalue weighted by atomic mass is 32.2. The average molecular weight is 466 g/mol. The van der Waals surface area contributed by atoms with E-state index in [0.717, 1.165) is 10.6 Å². The van der Waals surface area contributed by atoms with Crippen LogP contribution in [0, 0.1) is 5.82 Å². The van der Waals surface area contributed by atoms with Crippen LogP contribution in [0.3, 0.4) is 0 Å². The van der Waals surface area contributed by atoms with Crippen LogP contribution in [0.2, 0.25) is 0 Å². The number of carbonyl (C=O) groups excluding carboxylic acids is 1. The molecule has 30 heavy (non-hydrogen) atoms. The summed E-state index contributed by atoms with van der Waals surface area (Å²) in [6, 6.07) is 9.23. The molecule has 1 aromatic carbocycles. The van der Waals surface area contributed by atoms with Gasteiger partial charge in [0.1, 0.15) is 15.0 Å². The average Bonchev–Trinajstić information content (AvgIpc) is 3.41. The summed E-state index contributed by atoms with van der Waals surface area (Å²) in [4.78, 5) is 18.9. The maximum absolute atomic E-state index is 13.1. The number of rotatable bonds is 6. The van der Waals surface area contributed by atoms with Gasteiger partial charge in [0.15, 0.2) is 0 Å². The highest BCUT2D eigenvalue weighted by molar-refractivity contribution is 7.91. The molecule has 3 aromatic rings. The standard InChI is InChI=1S/C20H20FN3O3S3/c21-15-5-3-14(4-6-15)20-22-17(13-29-20)12-18(25)24-9-7-16(8-10-24)23-30(26,27)19-2-1-11-28-19/h1-6,11,13,16,23H,7-10,12H2. The predicted molar refractivity (Wildman–Crippen MR) is 115 cm³/mol. The van der Waals surface area contributed by atoms with Gasteiger partial charge in [-0.3, -0.25) is 4.79 Å². The quantitative estimate of drug-likeness (QED) is 0.604. The minimum atomic E-state index is -3.50. The van der Waals surface area contributed by atoms with Crippen molar-refractivity contribution in [3.63, 3.8) is 0 Å². The van der Waals surface area contributed by atoms with Crippen LogP contribution in [0.15, 0.2) is 51.4 Å². The third-order valence-electron chi connectivity index (χ3n) is 4.90. The van der Waals surface area contributed by atoms with Crippen molar-refractivity contribution in [1.29, 1.82) is 0 Å². The molecule has 158 valence electrons. The Labute approximate surface area is 182 Å². The summed E-state index contributed by atoms with van der Waals surface area (Å²) in [7, 11) is -3.50. The number of likely N-dealkylation sites (tertiary alicyclic amines) is 1. The summed E-state index contributed by atoms with van der Waals surface area (Å²) in [6.45, 7) is 1.01. The van der Waals surface area contributed by atoms with E-state index in [1.54, 1.807) is 34.5 Å². The number of thiazole rings is 1. The molecule has 4 rings (SSSR count). The number of hydrogen-bond acceptors (Lipinski definition) is 6. The number of amides is 1. The van der Waals surface area contributed by atoms with Crippen LogP contribution < -0.4 is 4.72 Å². The highest BCUT2D eigenvalue weighted by Crippen LogP contribution is 2.25. The number of nitrogens with one attached hydrogen (secondary N) is 1. The summed E-state index contributed by atoms with van der Waals surface area (Å²) in [6.07, 6.45) is 1.35. The second-order valence-electron chi connectivity index (χ2n) is 7.04. The molecular weight excluding hydrogens is 445 g/mol. The lowest BCUT2D eigenvalue weighted by Crippen LogP contribution is -2.46. The van der Waals surface area contributed by atoms with Gasteiger partial charge in [0, 0.05) is 30.1 Å². The highest BCUT2D eigenvalue weighted by Gasteiger charge is 2.27. The van der Waals surface area contributed by atoms with Crippen molar-refractivity contribution in [1.82, 2.24) is 14.6 Å². The Bertz CT molecular complexity index is 1100. The Morgan fingerprint density at radius 2 is 1.90 bits per heavy atom. The van der Waals surface area contributed by atoms with E-state index in [-0.39, 0.29) is 24.2 Å². The molecule has 1 fully saturated rings. The Balaban J connectivity index is 1.30. The first-order valence-electron chi connectivity index (χ1n) is 9.45. The van der Waals surface area contributed by atoms with Crippen molar-refractivity contribution in [3.8, 4) is 10.6 Å². The van der Waals surface area contributed by atoms with Gasteiger partial charge < -0.3 is 4.90 Å². The summed E-state index contributed by atoms with van der Waals surface area (Å²) >= 11 is 2.61. The molecule has 1 amide bonds. The predicted octanol–water partition coefficient (Wildman–Crippen LogP) is 3.52. The van der Waals surface area contributed by atoms with Crippen LogP contribution in [0.4, 0.5) is 4.39 Å². The lowest BCUT2D eigenvalue weighted by atomic mass is 10.1. The summed E-state index contributed by atoms with van der Waals surface area (Å²) < 4.78 is 40.8. The first-order chi connectivity index (χ1) is 14.4. The molecule has 0 unspecified atom stereocenters. The van der Waals surface area contributed by atoms with Crippen molar-refractivity contribution < 1.29 is 17.6 Å². The molecule has 0 aliphatic carbocycles. The summed E-state index contributed by atoms with van der Waals surface area (Å²) in [5, 5.41) is 4.33. The van der Waals surface area contributed by atoms with Gasteiger partial charge in [-0.15, -0.1) is 22.7 Å². The molecule has 3 heterocycles. The number of hydrogen-bond donors (Lipinski definition) is 1. The minimum absolute atomic E-state index is 0.0227. The number of sulfonamides is 1. The zero-order valence-corrected chi connectivity index (χ0v) is 18.4. The van der Waals surface area contributed by atoms with Gasteiger partial charge in [-0.25, -0.2) is 22.5 Å². The number of piperidine rings is 1. The Kier molecular flexibility index (Phi) is 6.28. The SMILES string of the molecule is O=C(Cc1csc(-c2ccc(F)cc2)n1)N1CCC(NS(=O)(=O)c2cccs2)CC1. The van der Waals surface area contributed by atoms with Crippen LogP contribution in [-0.4, -0.2) is 43.3 Å². The van der Waals surface area contributed by atoms with Crippen molar-refractivity contribution >= 4 is 38.6 Å². The molecule has 1 aliphatic heterocycles. The largest absolute Gasteiger partial charge is 0.342 e. The van der Waals surface area contributed by atoms with E-state index in [2.05, 4.69) is 9.71 Å². The molecule has 0 radical (unpaired) electrons. The van der Waals surface area contributed by atoms with Crippen LogP contribution in [0.25, 0.3) is 10.6 Å². The van der Waals surface area contributed by atoms with E-state index in [0.29, 0.717) is 35.8 Å². The van der Waals surface area contributed by atoms with E-state index < -0.39 is 10.0 Å². The Morgan fingerprint density at radius 1 is 1.17 bits per heavy atom. The molecule has 1 saturated heterocycles. The number of nitrogens with zero attached hydrogens (tertiary/aromatic N) is 2. The first-order valence-corrected chi connectivity index (χ1v) is 12.7. The fourth-order valence-corrected chi connectivity index (χ4v) is 6.46. The zero-order valence-electron chi connectivity index (χ0n) is 16.0. The van der Waals surface area contributed by atoms with Crippen LogP contribution in [0.5, 0.6) is 0 Å². The molecule has 1 N–H and O–H groups in total. The van der Waals surface area contributed by atoms with Crippen LogP contribution in [-0.2, 0) is 21.2 Å². The van der Waals surface area contributed by atoms with E-state index in [1.807, 2.05) is 5.38 Å². The van der Waals surface area contributed by atoms with Gasteiger partial charge in [0.2, 0.25) is 15.9 Å². The third-order valence-corrected chi connectivity index (χ3v) is 8.76. The number of aromatic nitrogens is 1. The van der Waals surface area contributed by atoms with Crippen molar-refractivity contribution in [3.05, 3.63) is 58.7 Å². The van der Waals surface area contributed by atoms with Crippen molar-refractivity contribution in [2.75, 3.05) is 13.1 Å².